The molecule has 2 heterocycles. The molecule has 0 saturated carbocycles. The first-order valence-electron chi connectivity index (χ1n) is 10.2. The maximum Gasteiger partial charge on any atom is 0.262 e. The van der Waals surface area contributed by atoms with Crippen LogP contribution >= 0.6 is 11.3 Å². The lowest BCUT2D eigenvalue weighted by atomic mass is 9.88. The lowest BCUT2D eigenvalue weighted by molar-refractivity contribution is -0.124. The highest BCUT2D eigenvalue weighted by molar-refractivity contribution is 7.12. The largest absolute Gasteiger partial charge is 0.354 e. The predicted octanol–water partition coefficient (Wildman–Crippen LogP) is 3.06. The molecule has 0 aliphatic carbocycles. The van der Waals surface area contributed by atoms with Gasteiger partial charge in [-0.05, 0) is 60.9 Å². The van der Waals surface area contributed by atoms with E-state index in [2.05, 4.69) is 10.6 Å². The molecule has 1 atom stereocenters. The molecule has 160 valence electrons. The Bertz CT molecular complexity index is 862. The first-order chi connectivity index (χ1) is 14.5. The molecule has 2 N–H and O–H groups in total. The van der Waals surface area contributed by atoms with Gasteiger partial charge in [0.2, 0.25) is 5.91 Å². The standard InChI is InChI=1S/C22H26FN3O3S/c1-2-11-24-21(28)19(25-20(27)18-4-3-14-30-18)15-9-12-26(13-10-15)22(29)16-5-7-17(23)8-6-16/h3-8,14-15,19H,2,9-13H2,1H3,(H,24,28)(H,25,27). The monoisotopic (exact) mass is 431 g/mol. The van der Waals surface area contributed by atoms with Gasteiger partial charge in [-0.25, -0.2) is 4.39 Å². The summed E-state index contributed by atoms with van der Waals surface area (Å²) in [4.78, 5) is 40.2. The molecule has 2 aromatic rings. The van der Waals surface area contributed by atoms with E-state index in [0.717, 1.165) is 6.42 Å². The number of carbonyl (C=O) groups excluding carboxylic acids is 3. The first kappa shape index (κ1) is 22.0. The fourth-order valence-corrected chi connectivity index (χ4v) is 4.21. The average Bonchev–Trinajstić information content (AvgIpc) is 3.31. The van der Waals surface area contributed by atoms with E-state index in [1.54, 1.807) is 17.0 Å². The number of nitrogens with one attached hydrogen (secondary N) is 2. The van der Waals surface area contributed by atoms with Gasteiger partial charge in [0.15, 0.2) is 0 Å². The summed E-state index contributed by atoms with van der Waals surface area (Å²) in [5, 5.41) is 7.59. The Labute approximate surface area is 179 Å². The minimum absolute atomic E-state index is 0.0666. The number of amides is 3. The van der Waals surface area contributed by atoms with Gasteiger partial charge >= 0.3 is 0 Å². The summed E-state index contributed by atoms with van der Waals surface area (Å²) in [6, 6.07) is 8.38. The molecule has 30 heavy (non-hydrogen) atoms. The van der Waals surface area contributed by atoms with Gasteiger partial charge in [-0.2, -0.15) is 0 Å². The van der Waals surface area contributed by atoms with Crippen molar-refractivity contribution in [3.63, 3.8) is 0 Å². The molecule has 0 bridgehead atoms. The minimum Gasteiger partial charge on any atom is -0.354 e. The first-order valence-corrected chi connectivity index (χ1v) is 11.0. The van der Waals surface area contributed by atoms with Crippen LogP contribution in [-0.2, 0) is 4.79 Å². The van der Waals surface area contributed by atoms with Crippen molar-refractivity contribution in [2.75, 3.05) is 19.6 Å². The maximum atomic E-state index is 13.1. The summed E-state index contributed by atoms with van der Waals surface area (Å²) in [7, 11) is 0. The molecule has 1 aromatic carbocycles. The summed E-state index contributed by atoms with van der Waals surface area (Å²) in [5.41, 5.74) is 0.443. The van der Waals surface area contributed by atoms with Gasteiger partial charge in [0.1, 0.15) is 11.9 Å². The van der Waals surface area contributed by atoms with E-state index in [1.165, 1.54) is 35.6 Å². The fourth-order valence-electron chi connectivity index (χ4n) is 3.59. The molecule has 1 fully saturated rings. The second kappa shape index (κ2) is 10.3. The SMILES string of the molecule is CCCNC(=O)C(NC(=O)c1cccs1)C1CCN(C(=O)c2ccc(F)cc2)CC1. The highest BCUT2D eigenvalue weighted by Gasteiger charge is 2.34. The summed E-state index contributed by atoms with van der Waals surface area (Å²) in [5.74, 6) is -1.05. The summed E-state index contributed by atoms with van der Waals surface area (Å²) >= 11 is 1.33. The van der Waals surface area contributed by atoms with Crippen molar-refractivity contribution in [3.05, 3.63) is 58.0 Å². The Morgan fingerprint density at radius 2 is 1.87 bits per heavy atom. The molecule has 8 heteroatoms. The number of hydrogen-bond acceptors (Lipinski definition) is 4. The Hall–Kier alpha value is -2.74. The Kier molecular flexibility index (Phi) is 7.57. The summed E-state index contributed by atoms with van der Waals surface area (Å²) in [6.07, 6.45) is 2.01. The van der Waals surface area contributed by atoms with Gasteiger partial charge in [0.05, 0.1) is 4.88 Å². The van der Waals surface area contributed by atoms with Crippen LogP contribution in [0.5, 0.6) is 0 Å². The van der Waals surface area contributed by atoms with Gasteiger partial charge < -0.3 is 15.5 Å². The molecule has 6 nitrogen and oxygen atoms in total. The third-order valence-electron chi connectivity index (χ3n) is 5.25. The number of benzene rings is 1. The van der Waals surface area contributed by atoms with E-state index in [-0.39, 0.29) is 29.5 Å². The second-order valence-electron chi connectivity index (χ2n) is 7.36. The molecule has 3 amide bonds. The normalized spacial score (nSPS) is 15.5. The van der Waals surface area contributed by atoms with Gasteiger partial charge in [-0.15, -0.1) is 11.3 Å². The van der Waals surface area contributed by atoms with Crippen molar-refractivity contribution in [2.45, 2.75) is 32.2 Å². The van der Waals surface area contributed by atoms with E-state index in [4.69, 9.17) is 0 Å². The molecule has 3 rings (SSSR count). The smallest absolute Gasteiger partial charge is 0.262 e. The van der Waals surface area contributed by atoms with Gasteiger partial charge in [0, 0.05) is 25.2 Å². The van der Waals surface area contributed by atoms with Crippen LogP contribution in [0.15, 0.2) is 41.8 Å². The predicted molar refractivity (Wildman–Crippen MR) is 114 cm³/mol. The zero-order chi connectivity index (χ0) is 21.5. The molecule has 1 aromatic heterocycles. The number of thiophene rings is 1. The van der Waals surface area contributed by atoms with Crippen molar-refractivity contribution in [1.82, 2.24) is 15.5 Å². The van der Waals surface area contributed by atoms with Crippen LogP contribution in [0.3, 0.4) is 0 Å². The molecule has 1 aliphatic heterocycles. The summed E-state index contributed by atoms with van der Waals surface area (Å²) < 4.78 is 13.1. The van der Waals surface area contributed by atoms with Crippen LogP contribution in [-0.4, -0.2) is 48.3 Å². The highest BCUT2D eigenvalue weighted by Crippen LogP contribution is 2.23. The second-order valence-corrected chi connectivity index (χ2v) is 8.30. The number of carbonyl (C=O) groups is 3. The fraction of sp³-hybridized carbons (Fsp3) is 0.409. The molecule has 0 radical (unpaired) electrons. The number of nitrogens with zero attached hydrogens (tertiary/aromatic N) is 1. The number of halogens is 1. The van der Waals surface area contributed by atoms with Crippen LogP contribution in [0.1, 0.15) is 46.2 Å². The van der Waals surface area contributed by atoms with E-state index >= 15 is 0 Å². The number of rotatable bonds is 7. The molecular formula is C22H26FN3O3S. The molecular weight excluding hydrogens is 405 g/mol. The van der Waals surface area contributed by atoms with E-state index < -0.39 is 6.04 Å². The zero-order valence-corrected chi connectivity index (χ0v) is 17.7. The lowest BCUT2D eigenvalue weighted by Gasteiger charge is -2.35. The Morgan fingerprint density at radius 3 is 2.47 bits per heavy atom. The van der Waals surface area contributed by atoms with Crippen LogP contribution < -0.4 is 10.6 Å². The van der Waals surface area contributed by atoms with E-state index in [9.17, 15) is 18.8 Å². The highest BCUT2D eigenvalue weighted by atomic mass is 32.1. The van der Waals surface area contributed by atoms with Gasteiger partial charge in [-0.3, -0.25) is 14.4 Å². The van der Waals surface area contributed by atoms with Crippen molar-refractivity contribution in [2.24, 2.45) is 5.92 Å². The quantitative estimate of drug-likeness (QED) is 0.707. The van der Waals surface area contributed by atoms with Crippen molar-refractivity contribution >= 4 is 29.1 Å². The third kappa shape index (κ3) is 5.44. The Morgan fingerprint density at radius 1 is 1.17 bits per heavy atom. The lowest BCUT2D eigenvalue weighted by Crippen LogP contribution is -2.53. The molecule has 0 spiro atoms. The molecule has 1 aliphatic rings. The Balaban J connectivity index is 1.64. The summed E-state index contributed by atoms with van der Waals surface area (Å²) in [6.45, 7) is 3.48. The van der Waals surface area contributed by atoms with Crippen molar-refractivity contribution in [1.29, 1.82) is 0 Å². The molecule has 1 saturated heterocycles. The van der Waals surface area contributed by atoms with E-state index in [0.29, 0.717) is 42.9 Å². The number of likely N-dealkylation sites (tertiary alicyclic amines) is 1. The van der Waals surface area contributed by atoms with Crippen LogP contribution in [0, 0.1) is 11.7 Å². The van der Waals surface area contributed by atoms with Gasteiger partial charge in [-0.1, -0.05) is 13.0 Å². The average molecular weight is 432 g/mol. The topological polar surface area (TPSA) is 78.5 Å². The maximum absolute atomic E-state index is 13.1. The van der Waals surface area contributed by atoms with Crippen molar-refractivity contribution < 1.29 is 18.8 Å². The van der Waals surface area contributed by atoms with Gasteiger partial charge in [0.25, 0.3) is 11.8 Å². The van der Waals surface area contributed by atoms with Crippen LogP contribution in [0.2, 0.25) is 0 Å². The van der Waals surface area contributed by atoms with Crippen LogP contribution in [0.4, 0.5) is 4.39 Å². The third-order valence-corrected chi connectivity index (χ3v) is 6.12. The number of hydrogen-bond donors (Lipinski definition) is 2. The van der Waals surface area contributed by atoms with Crippen LogP contribution in [0.25, 0.3) is 0 Å². The number of piperidine rings is 1. The zero-order valence-electron chi connectivity index (χ0n) is 16.9. The molecule has 1 unspecified atom stereocenters. The van der Waals surface area contributed by atoms with E-state index in [1.807, 2.05) is 12.3 Å². The minimum atomic E-state index is -0.644. The van der Waals surface area contributed by atoms with Crippen molar-refractivity contribution in [3.8, 4) is 0 Å².